The van der Waals surface area contributed by atoms with Gasteiger partial charge in [-0.1, -0.05) is 18.5 Å². The van der Waals surface area contributed by atoms with Gasteiger partial charge in [-0.2, -0.15) is 0 Å². The minimum atomic E-state index is -0.139. The van der Waals surface area contributed by atoms with Gasteiger partial charge in [-0.25, -0.2) is 0 Å². The third kappa shape index (κ3) is 6.06. The maximum atomic E-state index is 12.4. The van der Waals surface area contributed by atoms with E-state index in [0.717, 1.165) is 25.3 Å². The highest BCUT2D eigenvalue weighted by atomic mass is 35.5. The van der Waals surface area contributed by atoms with Crippen molar-refractivity contribution < 1.29 is 14.3 Å². The number of benzene rings is 1. The summed E-state index contributed by atoms with van der Waals surface area (Å²) in [7, 11) is 1.54. The van der Waals surface area contributed by atoms with Gasteiger partial charge in [0, 0.05) is 18.7 Å². The van der Waals surface area contributed by atoms with Gasteiger partial charge < -0.3 is 19.7 Å². The average molecular weight is 383 g/mol. The third-order valence-electron chi connectivity index (χ3n) is 4.71. The number of carbonyl (C=O) groups excluding carboxylic acids is 1. The number of amides is 1. The minimum Gasteiger partial charge on any atom is -0.493 e. The number of nitrogens with one attached hydrogen (secondary N) is 1. The summed E-state index contributed by atoms with van der Waals surface area (Å²) in [5.74, 6) is 1.62. The quantitative estimate of drug-likeness (QED) is 0.656. The number of halogens is 1. The van der Waals surface area contributed by atoms with Crippen molar-refractivity contribution in [1.82, 2.24) is 10.2 Å². The molecule has 0 saturated carbocycles. The number of ether oxygens (including phenoxy) is 2. The molecule has 0 aromatic heterocycles. The van der Waals surface area contributed by atoms with Gasteiger partial charge in [0.05, 0.1) is 18.7 Å². The van der Waals surface area contributed by atoms with Crippen molar-refractivity contribution in [3.8, 4) is 11.5 Å². The molecule has 0 spiro atoms. The Balaban J connectivity index is 1.78. The Kier molecular flexibility index (Phi) is 8.52. The van der Waals surface area contributed by atoms with E-state index in [4.69, 9.17) is 21.1 Å². The number of unbranched alkanes of at least 4 members (excludes halogenated alkanes) is 1. The van der Waals surface area contributed by atoms with Crippen LogP contribution in [0.25, 0.3) is 0 Å². The zero-order valence-corrected chi connectivity index (χ0v) is 16.9. The number of piperidine rings is 1. The molecule has 1 fully saturated rings. The lowest BCUT2D eigenvalue weighted by Gasteiger charge is -2.30. The third-order valence-corrected chi connectivity index (χ3v) is 4.99. The van der Waals surface area contributed by atoms with Crippen molar-refractivity contribution >= 4 is 17.5 Å². The number of hydrogen-bond acceptors (Lipinski definition) is 4. The van der Waals surface area contributed by atoms with Gasteiger partial charge in [0.1, 0.15) is 0 Å². The summed E-state index contributed by atoms with van der Waals surface area (Å²) in [5.41, 5.74) is 0.486. The van der Waals surface area contributed by atoms with Crippen LogP contribution in [-0.2, 0) is 0 Å². The lowest BCUT2D eigenvalue weighted by atomic mass is 10.0. The van der Waals surface area contributed by atoms with E-state index >= 15 is 0 Å². The first kappa shape index (κ1) is 20.8. The summed E-state index contributed by atoms with van der Waals surface area (Å²) in [6, 6.07) is 3.29. The average Bonchev–Trinajstić information content (AvgIpc) is 2.62. The van der Waals surface area contributed by atoms with E-state index in [1.54, 1.807) is 12.1 Å². The number of rotatable bonds is 9. The van der Waals surface area contributed by atoms with Crippen molar-refractivity contribution in [3.63, 3.8) is 0 Å². The molecule has 1 heterocycles. The highest BCUT2D eigenvalue weighted by Gasteiger charge is 2.17. The number of methoxy groups -OCH3 is 1. The van der Waals surface area contributed by atoms with Crippen LogP contribution in [0.5, 0.6) is 11.5 Å². The van der Waals surface area contributed by atoms with Crippen molar-refractivity contribution in [1.29, 1.82) is 0 Å². The van der Waals surface area contributed by atoms with Gasteiger partial charge in [-0.15, -0.1) is 0 Å². The molecule has 1 aromatic rings. The minimum absolute atomic E-state index is 0.139. The molecule has 5 nitrogen and oxygen atoms in total. The van der Waals surface area contributed by atoms with Crippen LogP contribution in [0, 0.1) is 5.92 Å². The van der Waals surface area contributed by atoms with Gasteiger partial charge in [0.25, 0.3) is 5.91 Å². The SMILES string of the molecule is CCOc1c(Cl)cc(C(=O)NCCCCN2CCCC(C)C2)cc1OC. The maximum Gasteiger partial charge on any atom is 0.251 e. The first-order chi connectivity index (χ1) is 12.5. The molecule has 1 aliphatic heterocycles. The van der Waals surface area contributed by atoms with Gasteiger partial charge in [0.15, 0.2) is 11.5 Å². The maximum absolute atomic E-state index is 12.4. The predicted molar refractivity (Wildman–Crippen MR) is 106 cm³/mol. The predicted octanol–water partition coefficient (Wildman–Crippen LogP) is 3.99. The standard InChI is InChI=1S/C20H31ClN2O3/c1-4-26-19-17(21)12-16(13-18(19)25-3)20(24)22-9-5-6-10-23-11-7-8-15(2)14-23/h12-13,15H,4-11,14H2,1-3H3,(H,22,24). The van der Waals surface area contributed by atoms with Gasteiger partial charge in [0.2, 0.25) is 0 Å². The smallest absolute Gasteiger partial charge is 0.251 e. The molecule has 1 unspecified atom stereocenters. The number of carbonyl (C=O) groups is 1. The van der Waals surface area contributed by atoms with E-state index < -0.39 is 0 Å². The highest BCUT2D eigenvalue weighted by Crippen LogP contribution is 2.36. The molecular weight excluding hydrogens is 352 g/mol. The topological polar surface area (TPSA) is 50.8 Å². The molecule has 146 valence electrons. The zero-order valence-electron chi connectivity index (χ0n) is 16.1. The molecule has 0 aliphatic carbocycles. The van der Waals surface area contributed by atoms with E-state index in [2.05, 4.69) is 17.1 Å². The summed E-state index contributed by atoms with van der Waals surface area (Å²) in [4.78, 5) is 14.9. The molecule has 0 radical (unpaired) electrons. The van der Waals surface area contributed by atoms with Crippen LogP contribution >= 0.6 is 11.6 Å². The first-order valence-electron chi connectivity index (χ1n) is 9.56. The lowest BCUT2D eigenvalue weighted by Crippen LogP contribution is -2.35. The largest absolute Gasteiger partial charge is 0.493 e. The Morgan fingerprint density at radius 3 is 2.88 bits per heavy atom. The van der Waals surface area contributed by atoms with Crippen molar-refractivity contribution in [3.05, 3.63) is 22.7 Å². The van der Waals surface area contributed by atoms with Crippen molar-refractivity contribution in [2.75, 3.05) is 39.9 Å². The van der Waals surface area contributed by atoms with Crippen molar-refractivity contribution in [2.45, 2.75) is 39.5 Å². The Hall–Kier alpha value is -1.46. The molecule has 6 heteroatoms. The normalized spacial score (nSPS) is 17.8. The summed E-state index contributed by atoms with van der Waals surface area (Å²) in [6.07, 6.45) is 4.72. The highest BCUT2D eigenvalue weighted by molar-refractivity contribution is 6.32. The summed E-state index contributed by atoms with van der Waals surface area (Å²) in [5, 5.41) is 3.35. The van der Waals surface area contributed by atoms with Gasteiger partial charge in [-0.3, -0.25) is 4.79 Å². The fourth-order valence-corrected chi connectivity index (χ4v) is 3.65. The summed E-state index contributed by atoms with van der Waals surface area (Å²) < 4.78 is 10.8. The van der Waals surface area contributed by atoms with Gasteiger partial charge >= 0.3 is 0 Å². The summed E-state index contributed by atoms with van der Waals surface area (Å²) >= 11 is 6.23. The Labute approximate surface area is 162 Å². The van der Waals surface area contributed by atoms with Crippen LogP contribution in [0.3, 0.4) is 0 Å². The Bertz CT molecular complexity index is 595. The Morgan fingerprint density at radius 1 is 1.38 bits per heavy atom. The van der Waals surface area contributed by atoms with E-state index in [9.17, 15) is 4.79 Å². The molecule has 26 heavy (non-hydrogen) atoms. The molecule has 0 bridgehead atoms. The van der Waals surface area contributed by atoms with E-state index in [1.165, 1.54) is 33.0 Å². The van der Waals surface area contributed by atoms with Crippen LogP contribution < -0.4 is 14.8 Å². The van der Waals surface area contributed by atoms with Gasteiger partial charge in [-0.05, 0) is 63.7 Å². The molecule has 1 atom stereocenters. The monoisotopic (exact) mass is 382 g/mol. The second-order valence-electron chi connectivity index (χ2n) is 6.93. The zero-order chi connectivity index (χ0) is 18.9. The van der Waals surface area contributed by atoms with Crippen molar-refractivity contribution in [2.24, 2.45) is 5.92 Å². The second-order valence-corrected chi connectivity index (χ2v) is 7.34. The molecular formula is C20H31ClN2O3. The second kappa shape index (κ2) is 10.6. The van der Waals surface area contributed by atoms with Crippen LogP contribution in [0.4, 0.5) is 0 Å². The fraction of sp³-hybridized carbons (Fsp3) is 0.650. The number of nitrogens with zero attached hydrogens (tertiary/aromatic N) is 1. The van der Waals surface area contributed by atoms with E-state index in [-0.39, 0.29) is 5.91 Å². The Morgan fingerprint density at radius 2 is 2.19 bits per heavy atom. The number of likely N-dealkylation sites (tertiary alicyclic amines) is 1. The van der Waals surface area contributed by atoms with E-state index in [1.807, 2.05) is 6.92 Å². The molecule has 2 rings (SSSR count). The van der Waals surface area contributed by atoms with Crippen LogP contribution in [0.1, 0.15) is 49.9 Å². The first-order valence-corrected chi connectivity index (χ1v) is 9.93. The summed E-state index contributed by atoms with van der Waals surface area (Å²) in [6.45, 7) is 8.87. The molecule has 1 aliphatic rings. The number of hydrogen-bond donors (Lipinski definition) is 1. The lowest BCUT2D eigenvalue weighted by molar-refractivity contribution is 0.0951. The fourth-order valence-electron chi connectivity index (χ4n) is 3.39. The molecule has 1 saturated heterocycles. The van der Waals surface area contributed by atoms with Crippen LogP contribution in [0.15, 0.2) is 12.1 Å². The van der Waals surface area contributed by atoms with Crippen LogP contribution in [-0.4, -0.2) is 50.7 Å². The van der Waals surface area contributed by atoms with Crippen LogP contribution in [0.2, 0.25) is 5.02 Å². The molecule has 1 N–H and O–H groups in total. The molecule has 1 aromatic carbocycles. The molecule has 1 amide bonds. The van der Waals surface area contributed by atoms with E-state index in [0.29, 0.717) is 35.2 Å².